The van der Waals surface area contributed by atoms with Crippen molar-refractivity contribution < 1.29 is 24.2 Å². The Labute approximate surface area is 358 Å². The van der Waals surface area contributed by atoms with E-state index in [1.54, 1.807) is 7.11 Å². The zero-order valence-corrected chi connectivity index (χ0v) is 38.0. The molecule has 0 spiro atoms. The number of anilines is 2. The highest BCUT2D eigenvalue weighted by molar-refractivity contribution is 8.13. The average Bonchev–Trinajstić information content (AvgIpc) is 3.50. The van der Waals surface area contributed by atoms with Crippen molar-refractivity contribution in [2.45, 2.75) is 124 Å². The number of hydrogen-bond donors (Lipinski definition) is 3. The molecule has 59 heavy (non-hydrogen) atoms. The number of methoxy groups -OCH3 is 1. The molecule has 1 unspecified atom stereocenters. The van der Waals surface area contributed by atoms with Crippen LogP contribution < -0.4 is 20.3 Å². The first-order valence-corrected chi connectivity index (χ1v) is 22.8. The first-order valence-electron chi connectivity index (χ1n) is 22.0. The maximum Gasteiger partial charge on any atom is 0.234 e. The highest BCUT2D eigenvalue weighted by Gasteiger charge is 2.43. The molecule has 3 aromatic carbocycles. The third-order valence-electron chi connectivity index (χ3n) is 13.0. The molecular weight excluding hydrogens is 757 g/mol. The molecule has 1 aliphatic heterocycles. The van der Waals surface area contributed by atoms with Crippen LogP contribution in [0.15, 0.2) is 59.5 Å². The maximum atomic E-state index is 13.4. The number of thioether (sulfide) groups is 1. The van der Waals surface area contributed by atoms with Gasteiger partial charge >= 0.3 is 0 Å². The second-order valence-electron chi connectivity index (χ2n) is 18.1. The summed E-state index contributed by atoms with van der Waals surface area (Å²) < 4.78 is 5.34. The lowest BCUT2D eigenvalue weighted by Gasteiger charge is -2.38. The van der Waals surface area contributed by atoms with E-state index < -0.39 is 0 Å². The summed E-state index contributed by atoms with van der Waals surface area (Å²) in [6, 6.07) is 17.7. The number of carbonyl (C=O) groups excluding carboxylic acids is 3. The summed E-state index contributed by atoms with van der Waals surface area (Å²) in [5.74, 6) is 1.92. The predicted molar refractivity (Wildman–Crippen MR) is 243 cm³/mol. The van der Waals surface area contributed by atoms with Crippen LogP contribution >= 0.6 is 11.8 Å². The van der Waals surface area contributed by atoms with Crippen LogP contribution in [-0.4, -0.2) is 66.8 Å². The number of phenolic OH excluding ortho intramolecular Hbond substituents is 1. The molecule has 3 aromatic rings. The zero-order valence-electron chi connectivity index (χ0n) is 37.2. The van der Waals surface area contributed by atoms with Gasteiger partial charge < -0.3 is 25.4 Å². The van der Waals surface area contributed by atoms with Gasteiger partial charge in [0.1, 0.15) is 11.5 Å². The van der Waals surface area contributed by atoms with Gasteiger partial charge in [0.25, 0.3) is 0 Å². The summed E-state index contributed by atoms with van der Waals surface area (Å²) in [6.07, 6.45) is 9.55. The van der Waals surface area contributed by atoms with Gasteiger partial charge in [-0.3, -0.25) is 19.3 Å². The molecule has 2 amide bonds. The van der Waals surface area contributed by atoms with E-state index >= 15 is 0 Å². The maximum absolute atomic E-state index is 13.4. The van der Waals surface area contributed by atoms with Crippen molar-refractivity contribution in [3.63, 3.8) is 0 Å². The highest BCUT2D eigenvalue weighted by atomic mass is 32.2. The lowest BCUT2D eigenvalue weighted by molar-refractivity contribution is -0.128. The third-order valence-corrected chi connectivity index (χ3v) is 14.2. The van der Waals surface area contributed by atoms with Gasteiger partial charge in [-0.05, 0) is 104 Å². The van der Waals surface area contributed by atoms with Gasteiger partial charge in [0, 0.05) is 59.7 Å². The number of fused-ring (bicyclic) bond motifs is 1. The molecular formula is C49H70N4O5S. The van der Waals surface area contributed by atoms with Gasteiger partial charge in [0.05, 0.1) is 25.4 Å². The van der Waals surface area contributed by atoms with E-state index in [-0.39, 0.29) is 39.7 Å². The van der Waals surface area contributed by atoms with Crippen LogP contribution in [0.1, 0.15) is 121 Å². The molecule has 1 saturated carbocycles. The number of rotatable bonds is 13. The van der Waals surface area contributed by atoms with E-state index in [9.17, 15) is 19.5 Å². The van der Waals surface area contributed by atoms with E-state index in [0.29, 0.717) is 18.2 Å². The Hall–Kier alpha value is -4.02. The number of piperazine rings is 1. The zero-order chi connectivity index (χ0) is 42.9. The number of aromatic hydroxyl groups is 1. The molecule has 6 rings (SSSR count). The number of ether oxygens (including phenoxy) is 1. The second-order valence-corrected chi connectivity index (χ2v) is 19.2. The van der Waals surface area contributed by atoms with Crippen LogP contribution in [0.3, 0.4) is 0 Å². The molecule has 2 aliphatic carbocycles. The van der Waals surface area contributed by atoms with E-state index in [0.717, 1.165) is 111 Å². The highest BCUT2D eigenvalue weighted by Crippen LogP contribution is 2.51. The number of nitrogens with one attached hydrogen (secondary N) is 2. The fourth-order valence-electron chi connectivity index (χ4n) is 9.21. The number of aryl methyl sites for hydroxylation is 2. The van der Waals surface area contributed by atoms with Crippen LogP contribution in [0.5, 0.6) is 11.5 Å². The fourth-order valence-corrected chi connectivity index (χ4v) is 10.0. The van der Waals surface area contributed by atoms with Crippen molar-refractivity contribution in [3.8, 4) is 11.5 Å². The van der Waals surface area contributed by atoms with Crippen molar-refractivity contribution in [2.24, 2.45) is 22.7 Å². The van der Waals surface area contributed by atoms with Crippen LogP contribution in [0, 0.1) is 36.5 Å². The minimum Gasteiger partial charge on any atom is -0.507 e. The standard InChI is InChI=1S/C26H35N3O3.C23H35NO2S/c1-17-13-18(2)24(31)23-21(17)15-26(3,4)25(23)27-22(30)16-28-9-11-29(12-10-28)19-7-6-8-20(14-19)32-5;1-5-18(6-2)16-23(14-10-7-11-15-23)22(26)24-19-12-8-9-13-20(19)27-21(25)17(3)4/h6-8,13-14,25,31H,9-12,15-16H2,1-5H3,(H,27,30);8-9,12-13,17-18H,5-7,10-11,14-16H2,1-4H3,(H,24,26). The van der Waals surface area contributed by atoms with Crippen molar-refractivity contribution >= 4 is 40.1 Å². The third kappa shape index (κ3) is 11.4. The fraction of sp³-hybridized carbons (Fsp3) is 0.571. The van der Waals surface area contributed by atoms with Gasteiger partial charge in [0.15, 0.2) is 5.12 Å². The van der Waals surface area contributed by atoms with Gasteiger partial charge in [-0.2, -0.15) is 0 Å². The molecule has 1 heterocycles. The summed E-state index contributed by atoms with van der Waals surface area (Å²) in [5, 5.41) is 17.4. The van der Waals surface area contributed by atoms with Crippen molar-refractivity contribution in [3.05, 3.63) is 76.9 Å². The Morgan fingerprint density at radius 1 is 0.915 bits per heavy atom. The number of phenols is 1. The number of para-hydroxylation sites is 1. The van der Waals surface area contributed by atoms with Crippen molar-refractivity contribution in [1.82, 2.24) is 10.2 Å². The molecule has 3 aliphatic rings. The Morgan fingerprint density at radius 2 is 1.59 bits per heavy atom. The average molecular weight is 827 g/mol. The quantitative estimate of drug-likeness (QED) is 0.146. The predicted octanol–water partition coefficient (Wildman–Crippen LogP) is 10.3. The molecule has 0 bridgehead atoms. The molecule has 10 heteroatoms. The second kappa shape index (κ2) is 20.5. The first-order chi connectivity index (χ1) is 28.1. The van der Waals surface area contributed by atoms with E-state index in [2.05, 4.69) is 67.2 Å². The van der Waals surface area contributed by atoms with Crippen molar-refractivity contribution in [1.29, 1.82) is 0 Å². The molecule has 1 atom stereocenters. The molecule has 322 valence electrons. The lowest BCUT2D eigenvalue weighted by Crippen LogP contribution is -2.50. The lowest BCUT2D eigenvalue weighted by atomic mass is 9.67. The topological polar surface area (TPSA) is 111 Å². The molecule has 0 radical (unpaired) electrons. The SMILES string of the molecule is CCC(CC)CC1(C(=O)Nc2ccccc2SC(=O)C(C)C)CCCCC1.COc1cccc(N2CCN(CC(=O)NC3c4c(O)c(C)cc(C)c4CC3(C)C)CC2)c1. The Morgan fingerprint density at radius 3 is 2.24 bits per heavy atom. The largest absolute Gasteiger partial charge is 0.507 e. The van der Waals surface area contributed by atoms with Crippen molar-refractivity contribution in [2.75, 3.05) is 50.1 Å². The van der Waals surface area contributed by atoms with E-state index in [1.807, 2.05) is 63.2 Å². The van der Waals surface area contributed by atoms with Crippen LogP contribution in [0.25, 0.3) is 0 Å². The summed E-state index contributed by atoms with van der Waals surface area (Å²) >= 11 is 1.24. The summed E-state index contributed by atoms with van der Waals surface area (Å²) in [6.45, 7) is 20.4. The normalized spacial score (nSPS) is 18.5. The summed E-state index contributed by atoms with van der Waals surface area (Å²) in [5.41, 5.74) is 5.67. The Balaban J connectivity index is 0.000000228. The van der Waals surface area contributed by atoms with Crippen LogP contribution in [0.2, 0.25) is 0 Å². The molecule has 3 N–H and O–H groups in total. The molecule has 0 aromatic heterocycles. The van der Waals surface area contributed by atoms with Gasteiger partial charge in [-0.15, -0.1) is 0 Å². The smallest absolute Gasteiger partial charge is 0.234 e. The van der Waals surface area contributed by atoms with Gasteiger partial charge in [-0.1, -0.05) is 97.9 Å². The van der Waals surface area contributed by atoms with E-state index in [1.165, 1.54) is 29.3 Å². The molecule has 1 saturated heterocycles. The van der Waals surface area contributed by atoms with Gasteiger partial charge in [0.2, 0.25) is 11.8 Å². The van der Waals surface area contributed by atoms with Crippen LogP contribution in [-0.2, 0) is 20.8 Å². The number of amides is 2. The Bertz CT molecular complexity index is 1910. The van der Waals surface area contributed by atoms with Gasteiger partial charge in [-0.25, -0.2) is 0 Å². The summed E-state index contributed by atoms with van der Waals surface area (Å²) in [7, 11) is 1.68. The Kier molecular flexibility index (Phi) is 16.0. The number of nitrogens with zero attached hydrogens (tertiary/aromatic N) is 2. The minimum atomic E-state index is -0.255. The minimum absolute atomic E-state index is 0.0179. The van der Waals surface area contributed by atoms with Crippen LogP contribution in [0.4, 0.5) is 11.4 Å². The van der Waals surface area contributed by atoms with E-state index in [4.69, 9.17) is 4.74 Å². The monoisotopic (exact) mass is 827 g/mol. The molecule has 2 fully saturated rings. The first kappa shape index (κ1) is 46.1. The molecule has 9 nitrogen and oxygen atoms in total. The number of hydrogen-bond acceptors (Lipinski definition) is 8. The number of carbonyl (C=O) groups is 3. The summed E-state index contributed by atoms with van der Waals surface area (Å²) in [4.78, 5) is 44.0. The number of benzene rings is 3.